The summed E-state index contributed by atoms with van der Waals surface area (Å²) in [5.74, 6) is 0.271. The Labute approximate surface area is 202 Å². The average molecular weight is 485 g/mol. The molecule has 1 atom stereocenters. The summed E-state index contributed by atoms with van der Waals surface area (Å²) in [4.78, 5) is 23.4. The molecule has 0 radical (unpaired) electrons. The minimum Gasteiger partial charge on any atom is -0.355 e. The number of thioether (sulfide) groups is 1. The van der Waals surface area contributed by atoms with Gasteiger partial charge in [-0.2, -0.15) is 0 Å². The Hall–Kier alpha value is -2.48. The van der Waals surface area contributed by atoms with Crippen LogP contribution in [0, 0.1) is 11.7 Å². The van der Waals surface area contributed by atoms with Gasteiger partial charge in [0.2, 0.25) is 5.91 Å². The van der Waals surface area contributed by atoms with Crippen LogP contribution in [-0.2, 0) is 11.3 Å². The average Bonchev–Trinajstić information content (AvgIpc) is 2.85. The molecule has 1 unspecified atom stereocenters. The van der Waals surface area contributed by atoms with E-state index in [0.717, 1.165) is 49.2 Å². The van der Waals surface area contributed by atoms with Crippen LogP contribution in [0.1, 0.15) is 18.4 Å². The quantitative estimate of drug-likeness (QED) is 0.358. The summed E-state index contributed by atoms with van der Waals surface area (Å²) >= 11 is 7.24. The van der Waals surface area contributed by atoms with Gasteiger partial charge in [-0.3, -0.25) is 9.69 Å². The highest BCUT2D eigenvalue weighted by atomic mass is 35.5. The van der Waals surface area contributed by atoms with Gasteiger partial charge in [-0.05, 0) is 48.6 Å². The summed E-state index contributed by atoms with van der Waals surface area (Å²) in [6, 6.07) is 14.8. The van der Waals surface area contributed by atoms with Crippen molar-refractivity contribution < 1.29 is 9.18 Å². The van der Waals surface area contributed by atoms with E-state index in [2.05, 4.69) is 20.2 Å². The molecule has 1 amide bonds. The van der Waals surface area contributed by atoms with E-state index in [-0.39, 0.29) is 16.7 Å². The largest absolute Gasteiger partial charge is 0.355 e. The van der Waals surface area contributed by atoms with Crippen molar-refractivity contribution in [3.8, 4) is 11.1 Å². The molecule has 1 saturated heterocycles. The van der Waals surface area contributed by atoms with Gasteiger partial charge in [-0.1, -0.05) is 59.8 Å². The third-order valence-electron chi connectivity index (χ3n) is 5.65. The van der Waals surface area contributed by atoms with E-state index in [0.29, 0.717) is 17.6 Å². The first-order chi connectivity index (χ1) is 16.1. The van der Waals surface area contributed by atoms with Gasteiger partial charge in [0.25, 0.3) is 0 Å². The normalized spacial score (nSPS) is 16.5. The first-order valence-electron chi connectivity index (χ1n) is 11.0. The minimum absolute atomic E-state index is 0.0156. The Kier molecular flexibility index (Phi) is 8.31. The molecule has 1 aromatic heterocycles. The maximum atomic E-state index is 13.4. The van der Waals surface area contributed by atoms with Gasteiger partial charge >= 0.3 is 0 Å². The molecule has 1 aliphatic rings. The number of likely N-dealkylation sites (tertiary alicyclic amines) is 1. The summed E-state index contributed by atoms with van der Waals surface area (Å²) in [6.45, 7) is 3.27. The van der Waals surface area contributed by atoms with Crippen molar-refractivity contribution in [2.75, 3.05) is 25.4 Å². The van der Waals surface area contributed by atoms with Crippen molar-refractivity contribution in [2.45, 2.75) is 24.5 Å². The molecule has 0 saturated carbocycles. The number of benzene rings is 2. The summed E-state index contributed by atoms with van der Waals surface area (Å²) in [6.07, 6.45) is 5.73. The lowest BCUT2D eigenvalue weighted by molar-refractivity contribution is -0.118. The van der Waals surface area contributed by atoms with E-state index < -0.39 is 5.82 Å². The van der Waals surface area contributed by atoms with Gasteiger partial charge in [-0.25, -0.2) is 14.4 Å². The van der Waals surface area contributed by atoms with Crippen LogP contribution < -0.4 is 5.32 Å². The molecule has 33 heavy (non-hydrogen) atoms. The predicted octanol–water partition coefficient (Wildman–Crippen LogP) is 5.06. The molecule has 0 bridgehead atoms. The highest BCUT2D eigenvalue weighted by molar-refractivity contribution is 7.99. The van der Waals surface area contributed by atoms with Gasteiger partial charge < -0.3 is 5.32 Å². The molecule has 0 aliphatic carbocycles. The number of nitrogens with one attached hydrogen (secondary N) is 1. The first-order valence-corrected chi connectivity index (χ1v) is 12.4. The van der Waals surface area contributed by atoms with Gasteiger partial charge in [0.1, 0.15) is 5.82 Å². The molecule has 5 nitrogen and oxygen atoms in total. The second-order valence-electron chi connectivity index (χ2n) is 8.20. The maximum absolute atomic E-state index is 13.4. The molecular weight excluding hydrogens is 459 g/mol. The van der Waals surface area contributed by atoms with E-state index in [9.17, 15) is 9.18 Å². The monoisotopic (exact) mass is 484 g/mol. The Morgan fingerprint density at radius 2 is 1.94 bits per heavy atom. The van der Waals surface area contributed by atoms with Crippen LogP contribution in [0.5, 0.6) is 0 Å². The lowest BCUT2D eigenvalue weighted by Crippen LogP contribution is -2.41. The highest BCUT2D eigenvalue weighted by Gasteiger charge is 2.21. The zero-order valence-electron chi connectivity index (χ0n) is 18.2. The highest BCUT2D eigenvalue weighted by Crippen LogP contribution is 2.22. The molecule has 3 aromatic rings. The Bertz CT molecular complexity index is 1070. The van der Waals surface area contributed by atoms with Crippen LogP contribution >= 0.6 is 23.4 Å². The summed E-state index contributed by atoms with van der Waals surface area (Å²) < 4.78 is 13.4. The number of hydrogen-bond donors (Lipinski definition) is 1. The van der Waals surface area contributed by atoms with E-state index in [1.165, 1.54) is 17.8 Å². The smallest absolute Gasteiger partial charge is 0.230 e. The fourth-order valence-electron chi connectivity index (χ4n) is 3.97. The fraction of sp³-hybridized carbons (Fsp3) is 0.320. The van der Waals surface area contributed by atoms with Crippen LogP contribution in [0.2, 0.25) is 5.02 Å². The molecule has 1 fully saturated rings. The molecule has 2 heterocycles. The molecule has 4 rings (SSSR count). The minimum atomic E-state index is -0.393. The van der Waals surface area contributed by atoms with E-state index >= 15 is 0 Å². The number of nitrogens with zero attached hydrogens (tertiary/aromatic N) is 3. The number of carbonyl (C=O) groups excluding carboxylic acids is 1. The molecular formula is C25H26ClFN4OS. The van der Waals surface area contributed by atoms with Crippen LogP contribution in [0.4, 0.5) is 4.39 Å². The van der Waals surface area contributed by atoms with Crippen LogP contribution in [-0.4, -0.2) is 46.2 Å². The van der Waals surface area contributed by atoms with E-state index in [4.69, 9.17) is 11.6 Å². The number of hydrogen-bond acceptors (Lipinski definition) is 5. The molecule has 2 aromatic carbocycles. The zero-order chi connectivity index (χ0) is 23.0. The summed E-state index contributed by atoms with van der Waals surface area (Å²) in [5.41, 5.74) is 3.02. The van der Waals surface area contributed by atoms with Crippen molar-refractivity contribution in [1.82, 2.24) is 20.2 Å². The molecule has 1 aliphatic heterocycles. The molecule has 1 N–H and O–H groups in total. The second kappa shape index (κ2) is 11.6. The molecule has 8 heteroatoms. The Morgan fingerprint density at radius 1 is 1.15 bits per heavy atom. The SMILES string of the molecule is O=C(CSc1ncc(-c2ccccc2)cn1)NCC1CCCN(Cc2ccc(F)c(Cl)c2)C1. The van der Waals surface area contributed by atoms with E-state index in [1.54, 1.807) is 24.5 Å². The number of piperidine rings is 1. The number of amides is 1. The van der Waals surface area contributed by atoms with Crippen LogP contribution in [0.3, 0.4) is 0 Å². The lowest BCUT2D eigenvalue weighted by Gasteiger charge is -2.32. The van der Waals surface area contributed by atoms with Crippen molar-refractivity contribution >= 4 is 29.3 Å². The van der Waals surface area contributed by atoms with Crippen LogP contribution in [0.25, 0.3) is 11.1 Å². The van der Waals surface area contributed by atoms with Gasteiger partial charge in [-0.15, -0.1) is 0 Å². The third-order valence-corrected chi connectivity index (χ3v) is 6.81. The van der Waals surface area contributed by atoms with Gasteiger partial charge in [0, 0.05) is 37.6 Å². The van der Waals surface area contributed by atoms with Crippen molar-refractivity contribution in [3.63, 3.8) is 0 Å². The Balaban J connectivity index is 1.19. The van der Waals surface area contributed by atoms with E-state index in [1.807, 2.05) is 30.3 Å². The molecule has 0 spiro atoms. The third kappa shape index (κ3) is 7.00. The number of halogens is 2. The number of carbonyl (C=O) groups is 1. The van der Waals surface area contributed by atoms with Crippen molar-refractivity contribution in [1.29, 1.82) is 0 Å². The van der Waals surface area contributed by atoms with Gasteiger partial charge in [0.05, 0.1) is 10.8 Å². The molecule has 172 valence electrons. The lowest BCUT2D eigenvalue weighted by atomic mass is 9.97. The number of aromatic nitrogens is 2. The van der Waals surface area contributed by atoms with Crippen molar-refractivity contribution in [2.24, 2.45) is 5.92 Å². The summed E-state index contributed by atoms with van der Waals surface area (Å²) in [5, 5.41) is 3.79. The summed E-state index contributed by atoms with van der Waals surface area (Å²) in [7, 11) is 0. The standard InChI is InChI=1S/C25H26ClFN4OS/c26-22-11-18(8-9-23(22)27)15-31-10-4-5-19(16-31)12-28-24(32)17-33-25-29-13-21(14-30-25)20-6-2-1-3-7-20/h1-3,6-9,11,13-14,19H,4-5,10,12,15-17H2,(H,28,32). The maximum Gasteiger partial charge on any atom is 0.230 e. The predicted molar refractivity (Wildman–Crippen MR) is 131 cm³/mol. The van der Waals surface area contributed by atoms with Gasteiger partial charge in [0.15, 0.2) is 5.16 Å². The van der Waals surface area contributed by atoms with Crippen LogP contribution in [0.15, 0.2) is 66.1 Å². The zero-order valence-corrected chi connectivity index (χ0v) is 19.8. The van der Waals surface area contributed by atoms with Crippen molar-refractivity contribution in [3.05, 3.63) is 77.3 Å². The topological polar surface area (TPSA) is 58.1 Å². The number of rotatable bonds is 8. The fourth-order valence-corrected chi connectivity index (χ4v) is 4.79. The first kappa shape index (κ1) is 23.7. The second-order valence-corrected chi connectivity index (χ2v) is 9.55. The Morgan fingerprint density at radius 3 is 2.70 bits per heavy atom.